The van der Waals surface area contributed by atoms with Gasteiger partial charge in [-0.25, -0.2) is 13.1 Å². The topological polar surface area (TPSA) is 72.2 Å². The van der Waals surface area contributed by atoms with Crippen LogP contribution in [-0.2, 0) is 10.0 Å². The van der Waals surface area contributed by atoms with E-state index in [1.165, 1.54) is 12.7 Å². The number of nitrogens with two attached hydrogens (primary N) is 1. The molecule has 0 unspecified atom stereocenters. The van der Waals surface area contributed by atoms with Crippen molar-refractivity contribution in [2.75, 3.05) is 12.8 Å². The van der Waals surface area contributed by atoms with Crippen LogP contribution in [0, 0.1) is 0 Å². The van der Waals surface area contributed by atoms with Crippen molar-refractivity contribution >= 4 is 22.4 Å². The highest BCUT2D eigenvalue weighted by Crippen LogP contribution is 2.25. The lowest BCUT2D eigenvalue weighted by Crippen LogP contribution is -2.51. The van der Waals surface area contributed by atoms with E-state index in [9.17, 15) is 8.42 Å². The minimum absolute atomic E-state index is 0. The van der Waals surface area contributed by atoms with Crippen LogP contribution in [0.2, 0.25) is 0 Å². The third-order valence-corrected chi connectivity index (χ3v) is 3.20. The molecular formula is C8H19ClN2O2S. The molecule has 86 valence electrons. The van der Waals surface area contributed by atoms with Gasteiger partial charge in [-0.05, 0) is 12.8 Å². The highest BCUT2D eigenvalue weighted by atomic mass is 35.5. The van der Waals surface area contributed by atoms with Gasteiger partial charge in [-0.1, -0.05) is 19.3 Å². The molecule has 0 heterocycles. The fourth-order valence-electron chi connectivity index (χ4n) is 1.71. The molecule has 0 spiro atoms. The maximum atomic E-state index is 10.8. The second-order valence-corrected chi connectivity index (χ2v) is 5.85. The summed E-state index contributed by atoms with van der Waals surface area (Å²) in [6.45, 7) is 0.381. The van der Waals surface area contributed by atoms with E-state index in [-0.39, 0.29) is 17.9 Å². The van der Waals surface area contributed by atoms with Gasteiger partial charge in [0.2, 0.25) is 10.0 Å². The minimum Gasteiger partial charge on any atom is -0.324 e. The maximum absolute atomic E-state index is 10.8. The van der Waals surface area contributed by atoms with E-state index in [1.54, 1.807) is 0 Å². The molecule has 1 rings (SSSR count). The molecule has 0 aromatic carbocycles. The first-order valence-electron chi connectivity index (χ1n) is 4.65. The van der Waals surface area contributed by atoms with Crippen molar-refractivity contribution in [3.05, 3.63) is 0 Å². The van der Waals surface area contributed by atoms with Crippen LogP contribution in [0.3, 0.4) is 0 Å². The van der Waals surface area contributed by atoms with Crippen LogP contribution in [0.1, 0.15) is 32.1 Å². The van der Waals surface area contributed by atoms with Crippen LogP contribution in [0.15, 0.2) is 0 Å². The zero-order valence-electron chi connectivity index (χ0n) is 8.45. The van der Waals surface area contributed by atoms with E-state index in [4.69, 9.17) is 5.73 Å². The minimum atomic E-state index is -3.09. The Hall–Kier alpha value is 0.160. The molecule has 0 bridgehead atoms. The van der Waals surface area contributed by atoms with Crippen LogP contribution in [0.25, 0.3) is 0 Å². The Balaban J connectivity index is 0.00000169. The molecule has 14 heavy (non-hydrogen) atoms. The van der Waals surface area contributed by atoms with Gasteiger partial charge in [0.1, 0.15) is 0 Å². The van der Waals surface area contributed by atoms with Gasteiger partial charge in [-0.15, -0.1) is 12.4 Å². The monoisotopic (exact) mass is 242 g/mol. The number of nitrogens with one attached hydrogen (secondary N) is 1. The molecule has 1 aliphatic carbocycles. The summed E-state index contributed by atoms with van der Waals surface area (Å²) in [6, 6.07) is 0. The first kappa shape index (κ1) is 14.2. The molecule has 0 radical (unpaired) electrons. The Labute approximate surface area is 92.1 Å². The summed E-state index contributed by atoms with van der Waals surface area (Å²) in [5.41, 5.74) is 5.74. The van der Waals surface area contributed by atoms with Crippen LogP contribution in [-0.4, -0.2) is 26.8 Å². The summed E-state index contributed by atoms with van der Waals surface area (Å²) >= 11 is 0. The number of hydrogen-bond acceptors (Lipinski definition) is 3. The Morgan fingerprint density at radius 1 is 1.29 bits per heavy atom. The van der Waals surface area contributed by atoms with E-state index < -0.39 is 10.0 Å². The number of hydrogen-bond donors (Lipinski definition) is 2. The second kappa shape index (κ2) is 5.30. The summed E-state index contributed by atoms with van der Waals surface area (Å²) in [7, 11) is -3.09. The molecule has 3 N–H and O–H groups in total. The fourth-order valence-corrected chi connectivity index (χ4v) is 2.26. The predicted octanol–water partition coefficient (Wildman–Crippen LogP) is 0.619. The van der Waals surface area contributed by atoms with E-state index in [1.807, 2.05) is 0 Å². The van der Waals surface area contributed by atoms with Gasteiger partial charge >= 0.3 is 0 Å². The summed E-state index contributed by atoms with van der Waals surface area (Å²) in [5, 5.41) is 0. The lowest BCUT2D eigenvalue weighted by atomic mass is 9.83. The first-order valence-corrected chi connectivity index (χ1v) is 6.54. The van der Waals surface area contributed by atoms with Crippen molar-refractivity contribution < 1.29 is 8.42 Å². The number of sulfonamides is 1. The number of halogens is 1. The number of rotatable bonds is 3. The molecule has 0 aliphatic heterocycles. The maximum Gasteiger partial charge on any atom is 0.208 e. The molecule has 1 fully saturated rings. The highest BCUT2D eigenvalue weighted by Gasteiger charge is 2.27. The van der Waals surface area contributed by atoms with Gasteiger partial charge in [0.05, 0.1) is 6.26 Å². The first-order chi connectivity index (χ1) is 5.91. The van der Waals surface area contributed by atoms with Crippen molar-refractivity contribution in [3.63, 3.8) is 0 Å². The Morgan fingerprint density at radius 2 is 1.79 bits per heavy atom. The molecule has 0 aromatic rings. The molecule has 0 saturated heterocycles. The summed E-state index contributed by atoms with van der Waals surface area (Å²) < 4.78 is 24.2. The average Bonchev–Trinajstić information content (AvgIpc) is 2.02. The lowest BCUT2D eigenvalue weighted by molar-refractivity contribution is 0.296. The fraction of sp³-hybridized carbons (Fsp3) is 1.00. The van der Waals surface area contributed by atoms with Crippen molar-refractivity contribution in [2.24, 2.45) is 5.73 Å². The van der Waals surface area contributed by atoms with Crippen molar-refractivity contribution in [3.8, 4) is 0 Å². The van der Waals surface area contributed by atoms with Crippen molar-refractivity contribution in [2.45, 2.75) is 37.6 Å². The Bertz CT molecular complexity index is 261. The molecule has 0 amide bonds. The van der Waals surface area contributed by atoms with Gasteiger partial charge in [0.15, 0.2) is 0 Å². The van der Waals surface area contributed by atoms with Gasteiger partial charge in [-0.2, -0.15) is 0 Å². The summed E-state index contributed by atoms with van der Waals surface area (Å²) in [6.07, 6.45) is 6.46. The molecule has 1 saturated carbocycles. The van der Waals surface area contributed by atoms with Gasteiger partial charge in [0.25, 0.3) is 0 Å². The van der Waals surface area contributed by atoms with Crippen LogP contribution in [0.5, 0.6) is 0 Å². The quantitative estimate of drug-likeness (QED) is 0.762. The van der Waals surface area contributed by atoms with E-state index in [0.717, 1.165) is 25.7 Å². The summed E-state index contributed by atoms with van der Waals surface area (Å²) in [4.78, 5) is 0. The second-order valence-electron chi connectivity index (χ2n) is 4.02. The Kier molecular flexibility index (Phi) is 5.36. The molecule has 0 aromatic heterocycles. The van der Waals surface area contributed by atoms with Crippen molar-refractivity contribution in [1.82, 2.24) is 4.72 Å². The van der Waals surface area contributed by atoms with Crippen LogP contribution < -0.4 is 10.5 Å². The van der Waals surface area contributed by atoms with Crippen LogP contribution in [0.4, 0.5) is 0 Å². The Morgan fingerprint density at radius 3 is 2.21 bits per heavy atom. The van der Waals surface area contributed by atoms with Gasteiger partial charge in [-0.3, -0.25) is 0 Å². The zero-order valence-corrected chi connectivity index (χ0v) is 10.1. The lowest BCUT2D eigenvalue weighted by Gasteiger charge is -2.33. The molecule has 0 atom stereocenters. The molecule has 1 aliphatic rings. The molecule has 4 nitrogen and oxygen atoms in total. The SMILES string of the molecule is CS(=O)(=O)NCC1(N)CCCCC1.Cl. The van der Waals surface area contributed by atoms with E-state index >= 15 is 0 Å². The van der Waals surface area contributed by atoms with Crippen molar-refractivity contribution in [1.29, 1.82) is 0 Å². The summed E-state index contributed by atoms with van der Waals surface area (Å²) in [5.74, 6) is 0. The van der Waals surface area contributed by atoms with Crippen LogP contribution >= 0.6 is 12.4 Å². The normalized spacial score (nSPS) is 21.3. The van der Waals surface area contributed by atoms with E-state index in [2.05, 4.69) is 4.72 Å². The average molecular weight is 243 g/mol. The largest absolute Gasteiger partial charge is 0.324 e. The molecule has 6 heteroatoms. The predicted molar refractivity (Wildman–Crippen MR) is 60.1 cm³/mol. The van der Waals surface area contributed by atoms with Gasteiger partial charge < -0.3 is 5.73 Å². The highest BCUT2D eigenvalue weighted by molar-refractivity contribution is 7.88. The zero-order chi connectivity index (χ0) is 9.95. The van der Waals surface area contributed by atoms with E-state index in [0.29, 0.717) is 6.54 Å². The van der Waals surface area contributed by atoms with Gasteiger partial charge in [0, 0.05) is 12.1 Å². The third-order valence-electron chi connectivity index (χ3n) is 2.54. The third kappa shape index (κ3) is 5.14. The smallest absolute Gasteiger partial charge is 0.208 e. The standard InChI is InChI=1S/C8H18N2O2S.ClH/c1-13(11,12)10-7-8(9)5-3-2-4-6-8;/h10H,2-7,9H2,1H3;1H. The molecular weight excluding hydrogens is 224 g/mol.